The van der Waals surface area contributed by atoms with E-state index in [9.17, 15) is 13.0 Å². The zero-order chi connectivity index (χ0) is 12.4. The molecular formula is C12H12O4S. The summed E-state index contributed by atoms with van der Waals surface area (Å²) >= 11 is 0. The highest BCUT2D eigenvalue weighted by molar-refractivity contribution is 7.87. The molecule has 1 aliphatic rings. The van der Waals surface area contributed by atoms with Crippen LogP contribution in [0, 0.1) is 0 Å². The maximum atomic E-state index is 11.5. The number of ether oxygens (including phenoxy) is 1. The zero-order valence-electron chi connectivity index (χ0n) is 8.98. The quantitative estimate of drug-likeness (QED) is 0.837. The lowest BCUT2D eigenvalue weighted by Crippen LogP contribution is -2.42. The minimum Gasteiger partial charge on any atom is -0.465 e. The van der Waals surface area contributed by atoms with Gasteiger partial charge in [0.1, 0.15) is 5.75 Å². The Morgan fingerprint density at radius 3 is 2.41 bits per heavy atom. The van der Waals surface area contributed by atoms with E-state index in [0.717, 1.165) is 0 Å². The first-order chi connectivity index (χ1) is 8.04. The van der Waals surface area contributed by atoms with E-state index in [1.807, 2.05) is 0 Å². The molecule has 1 aliphatic carbocycles. The molecule has 0 aliphatic heterocycles. The fraction of sp³-hybridized carbons (Fsp3) is 0.167. The molecule has 5 heteroatoms. The Hall–Kier alpha value is -1.59. The van der Waals surface area contributed by atoms with Crippen molar-refractivity contribution in [2.75, 3.05) is 0 Å². The van der Waals surface area contributed by atoms with Crippen LogP contribution in [0.2, 0.25) is 0 Å². The van der Waals surface area contributed by atoms with Crippen LogP contribution in [-0.2, 0) is 10.1 Å². The zero-order valence-corrected chi connectivity index (χ0v) is 9.80. The van der Waals surface area contributed by atoms with Crippen LogP contribution in [0.1, 0.15) is 6.42 Å². The summed E-state index contributed by atoms with van der Waals surface area (Å²) < 4.78 is 37.7. The molecule has 2 rings (SSSR count). The van der Waals surface area contributed by atoms with Gasteiger partial charge >= 0.3 is 10.1 Å². The molecule has 1 N–H and O–H groups in total. The number of allylic oxidation sites excluding steroid dienone is 2. The molecule has 0 amide bonds. The molecule has 0 saturated heterocycles. The molecule has 1 atom stereocenters. The van der Waals surface area contributed by atoms with Crippen LogP contribution in [0.15, 0.2) is 54.6 Å². The number of hydrogen-bond donors (Lipinski definition) is 1. The third-order valence-electron chi connectivity index (χ3n) is 2.47. The molecule has 17 heavy (non-hydrogen) atoms. The summed E-state index contributed by atoms with van der Waals surface area (Å²) in [6, 6.07) is 8.53. The Morgan fingerprint density at radius 1 is 1.18 bits per heavy atom. The standard InChI is InChI=1S/C12H12O4S/c13-17(14,15)12(9-5-2-6-10-12)16-11-7-3-1-4-8-11/h1-9H,10H2,(H,13,14,15). The Bertz CT molecular complexity index is 545. The summed E-state index contributed by atoms with van der Waals surface area (Å²) in [7, 11) is -4.35. The molecule has 90 valence electrons. The molecule has 0 saturated carbocycles. The fourth-order valence-corrected chi connectivity index (χ4v) is 2.35. The van der Waals surface area contributed by atoms with Crippen molar-refractivity contribution >= 4 is 10.1 Å². The second-order valence-electron chi connectivity index (χ2n) is 3.69. The fourth-order valence-electron chi connectivity index (χ4n) is 1.59. The van der Waals surface area contributed by atoms with Crippen LogP contribution in [0.4, 0.5) is 0 Å². The molecule has 4 nitrogen and oxygen atoms in total. The Kier molecular flexibility index (Phi) is 3.04. The van der Waals surface area contributed by atoms with E-state index in [0.29, 0.717) is 5.75 Å². The topological polar surface area (TPSA) is 63.6 Å². The minimum atomic E-state index is -4.35. The predicted molar refractivity (Wildman–Crippen MR) is 64.2 cm³/mol. The monoisotopic (exact) mass is 252 g/mol. The van der Waals surface area contributed by atoms with Crippen LogP contribution < -0.4 is 4.74 Å². The van der Waals surface area contributed by atoms with E-state index in [1.165, 1.54) is 6.08 Å². The predicted octanol–water partition coefficient (Wildman–Crippen LogP) is 2.17. The largest absolute Gasteiger partial charge is 0.465 e. The van der Waals surface area contributed by atoms with E-state index in [4.69, 9.17) is 4.74 Å². The van der Waals surface area contributed by atoms with Gasteiger partial charge in [0.15, 0.2) is 0 Å². The summed E-state index contributed by atoms with van der Waals surface area (Å²) in [6.45, 7) is 0. The molecule has 0 bridgehead atoms. The lowest BCUT2D eigenvalue weighted by Gasteiger charge is -2.28. The maximum absolute atomic E-state index is 11.5. The Morgan fingerprint density at radius 2 is 1.88 bits per heavy atom. The first-order valence-electron chi connectivity index (χ1n) is 5.09. The summed E-state index contributed by atoms with van der Waals surface area (Å²) in [5.74, 6) is 0.394. The van der Waals surface area contributed by atoms with Crippen molar-refractivity contribution in [3.05, 3.63) is 54.6 Å². The van der Waals surface area contributed by atoms with E-state index < -0.39 is 15.1 Å². The lowest BCUT2D eigenvalue weighted by molar-refractivity contribution is 0.189. The van der Waals surface area contributed by atoms with Crippen LogP contribution in [-0.4, -0.2) is 17.9 Å². The van der Waals surface area contributed by atoms with E-state index in [-0.39, 0.29) is 6.42 Å². The van der Waals surface area contributed by atoms with Gasteiger partial charge in [-0.05, 0) is 18.2 Å². The number of para-hydroxylation sites is 1. The van der Waals surface area contributed by atoms with Gasteiger partial charge < -0.3 is 4.74 Å². The van der Waals surface area contributed by atoms with Gasteiger partial charge in [-0.3, -0.25) is 4.55 Å². The van der Waals surface area contributed by atoms with E-state index in [2.05, 4.69) is 0 Å². The van der Waals surface area contributed by atoms with Gasteiger partial charge in [-0.15, -0.1) is 0 Å². The van der Waals surface area contributed by atoms with E-state index >= 15 is 0 Å². The average Bonchev–Trinajstić information content (AvgIpc) is 2.30. The third-order valence-corrected chi connectivity index (χ3v) is 3.73. The maximum Gasteiger partial charge on any atom is 0.310 e. The molecule has 1 aromatic rings. The van der Waals surface area contributed by atoms with Crippen molar-refractivity contribution < 1.29 is 17.7 Å². The van der Waals surface area contributed by atoms with Crippen LogP contribution in [0.25, 0.3) is 0 Å². The lowest BCUT2D eigenvalue weighted by atomic mass is 10.1. The van der Waals surface area contributed by atoms with Crippen molar-refractivity contribution in [2.45, 2.75) is 11.4 Å². The molecule has 1 unspecified atom stereocenters. The van der Waals surface area contributed by atoms with Crippen LogP contribution >= 0.6 is 0 Å². The number of hydrogen-bond acceptors (Lipinski definition) is 3. The van der Waals surface area contributed by atoms with Crippen molar-refractivity contribution in [3.8, 4) is 5.75 Å². The van der Waals surface area contributed by atoms with Crippen LogP contribution in [0.3, 0.4) is 0 Å². The van der Waals surface area contributed by atoms with Crippen molar-refractivity contribution in [2.24, 2.45) is 0 Å². The summed E-state index contributed by atoms with van der Waals surface area (Å²) in [4.78, 5) is -1.72. The molecule has 0 fully saturated rings. The van der Waals surface area contributed by atoms with Gasteiger partial charge in [-0.2, -0.15) is 8.42 Å². The average molecular weight is 252 g/mol. The van der Waals surface area contributed by atoms with E-state index in [1.54, 1.807) is 48.6 Å². The second kappa shape index (κ2) is 4.35. The SMILES string of the molecule is O=S(=O)(O)C1(Oc2ccccc2)C=CC=CC1. The first-order valence-corrected chi connectivity index (χ1v) is 6.53. The highest BCUT2D eigenvalue weighted by Gasteiger charge is 2.43. The Balaban J connectivity index is 2.37. The highest BCUT2D eigenvalue weighted by Crippen LogP contribution is 2.30. The first kappa shape index (κ1) is 11.9. The third kappa shape index (κ3) is 2.40. The van der Waals surface area contributed by atoms with Crippen molar-refractivity contribution in [3.63, 3.8) is 0 Å². The smallest absolute Gasteiger partial charge is 0.310 e. The summed E-state index contributed by atoms with van der Waals surface area (Å²) in [5, 5.41) is 0. The van der Waals surface area contributed by atoms with Gasteiger partial charge in [0, 0.05) is 6.42 Å². The molecule has 0 aromatic heterocycles. The summed E-state index contributed by atoms with van der Waals surface area (Å²) in [6.07, 6.45) is 6.31. The molecule has 0 heterocycles. The second-order valence-corrected chi connectivity index (χ2v) is 5.33. The molecule has 0 spiro atoms. The van der Waals surface area contributed by atoms with Gasteiger partial charge in [0.2, 0.25) is 0 Å². The van der Waals surface area contributed by atoms with Crippen molar-refractivity contribution in [1.29, 1.82) is 0 Å². The molecule has 1 aromatic carbocycles. The molecular weight excluding hydrogens is 240 g/mol. The van der Waals surface area contributed by atoms with Gasteiger partial charge in [0.05, 0.1) is 0 Å². The van der Waals surface area contributed by atoms with Crippen LogP contribution in [0.5, 0.6) is 5.75 Å². The van der Waals surface area contributed by atoms with Gasteiger partial charge in [0.25, 0.3) is 4.93 Å². The van der Waals surface area contributed by atoms with Crippen molar-refractivity contribution in [1.82, 2.24) is 0 Å². The minimum absolute atomic E-state index is 0.0806. The number of benzene rings is 1. The van der Waals surface area contributed by atoms with Gasteiger partial charge in [-0.1, -0.05) is 36.4 Å². The molecule has 0 radical (unpaired) electrons. The van der Waals surface area contributed by atoms with Gasteiger partial charge in [-0.25, -0.2) is 0 Å². The highest BCUT2D eigenvalue weighted by atomic mass is 32.2. The Labute approximate surface area is 100.0 Å². The summed E-state index contributed by atoms with van der Waals surface area (Å²) in [5.41, 5.74) is 0. The normalized spacial score (nSPS) is 23.6. The number of rotatable bonds is 3.